The lowest BCUT2D eigenvalue weighted by Gasteiger charge is -2.30. The zero-order valence-corrected chi connectivity index (χ0v) is 25.4. The number of methoxy groups -OCH3 is 1. The van der Waals surface area contributed by atoms with E-state index in [0.29, 0.717) is 6.61 Å². The number of aryl methyl sites for hydroxylation is 1. The molecule has 43 heavy (non-hydrogen) atoms. The summed E-state index contributed by atoms with van der Waals surface area (Å²) in [6.07, 6.45) is 8.15. The van der Waals surface area contributed by atoms with E-state index < -0.39 is 0 Å². The number of benzene rings is 3. The predicted molar refractivity (Wildman–Crippen MR) is 171 cm³/mol. The van der Waals surface area contributed by atoms with Crippen LogP contribution in [0.1, 0.15) is 54.1 Å². The Morgan fingerprint density at radius 2 is 1.86 bits per heavy atom. The number of nitrogens with one attached hydrogen (secondary N) is 1. The molecule has 0 radical (unpaired) electrons. The summed E-state index contributed by atoms with van der Waals surface area (Å²) in [7, 11) is 1.39. The molecule has 0 bridgehead atoms. The molecule has 6 nitrogen and oxygen atoms in total. The number of aromatic amines is 1. The van der Waals surface area contributed by atoms with Gasteiger partial charge in [-0.15, -0.1) is 0 Å². The van der Waals surface area contributed by atoms with Gasteiger partial charge in [-0.3, -0.25) is 4.90 Å². The third-order valence-corrected chi connectivity index (χ3v) is 8.54. The molecule has 4 aromatic rings. The maximum Gasteiger partial charge on any atom is 0.330 e. The van der Waals surface area contributed by atoms with Crippen molar-refractivity contribution in [3.8, 4) is 5.75 Å². The Kier molecular flexibility index (Phi) is 10.3. The maximum absolute atomic E-state index is 13.8. The average molecular weight is 584 g/mol. The third kappa shape index (κ3) is 7.72. The van der Waals surface area contributed by atoms with Crippen LogP contribution in [0.5, 0.6) is 5.75 Å². The summed E-state index contributed by atoms with van der Waals surface area (Å²) in [6.45, 7) is 9.67. The van der Waals surface area contributed by atoms with Crippen molar-refractivity contribution in [2.75, 3.05) is 39.9 Å². The second-order valence-corrected chi connectivity index (χ2v) is 11.1. The van der Waals surface area contributed by atoms with E-state index in [0.717, 1.165) is 74.2 Å². The quantitative estimate of drug-likeness (QED) is 0.129. The number of fused-ring (bicyclic) bond motifs is 2. The van der Waals surface area contributed by atoms with Crippen molar-refractivity contribution in [2.24, 2.45) is 0 Å². The van der Waals surface area contributed by atoms with Crippen LogP contribution in [0.2, 0.25) is 0 Å². The third-order valence-electron chi connectivity index (χ3n) is 8.54. The number of hydrogen-bond donors (Lipinski definition) is 1. The molecule has 7 heteroatoms. The lowest BCUT2D eigenvalue weighted by Crippen LogP contribution is -2.29. The summed E-state index contributed by atoms with van der Waals surface area (Å²) in [4.78, 5) is 19.7. The molecule has 0 saturated carbocycles. The number of carbonyl (C=O) groups excluding carboxylic acids is 1. The second kappa shape index (κ2) is 14.5. The van der Waals surface area contributed by atoms with E-state index in [1.165, 1.54) is 41.5 Å². The van der Waals surface area contributed by atoms with E-state index in [9.17, 15) is 9.18 Å². The molecule has 0 aliphatic heterocycles. The predicted octanol–water partition coefficient (Wildman–Crippen LogP) is 6.95. The summed E-state index contributed by atoms with van der Waals surface area (Å²) >= 11 is 0. The van der Waals surface area contributed by atoms with Crippen molar-refractivity contribution in [3.63, 3.8) is 0 Å². The Bertz CT molecular complexity index is 1540. The number of hydrogen-bond acceptors (Lipinski definition) is 5. The molecule has 1 atom stereocenters. The van der Waals surface area contributed by atoms with Crippen molar-refractivity contribution < 1.29 is 18.7 Å². The Morgan fingerprint density at radius 3 is 2.63 bits per heavy atom. The largest absolute Gasteiger partial charge is 0.492 e. The van der Waals surface area contributed by atoms with Crippen molar-refractivity contribution in [3.05, 3.63) is 107 Å². The molecule has 3 aromatic carbocycles. The molecule has 0 saturated heterocycles. The van der Waals surface area contributed by atoms with Crippen LogP contribution in [0.4, 0.5) is 4.39 Å². The molecule has 226 valence electrons. The van der Waals surface area contributed by atoms with Gasteiger partial charge in [0.25, 0.3) is 0 Å². The summed E-state index contributed by atoms with van der Waals surface area (Å²) in [5, 5.41) is 1.07. The Balaban J connectivity index is 1.33. The molecule has 1 unspecified atom stereocenters. The van der Waals surface area contributed by atoms with Crippen LogP contribution in [0, 0.1) is 5.82 Å². The Hall–Kier alpha value is -3.94. The summed E-state index contributed by atoms with van der Waals surface area (Å²) in [5.41, 5.74) is 6.92. The van der Waals surface area contributed by atoms with E-state index in [4.69, 9.17) is 9.47 Å². The van der Waals surface area contributed by atoms with Crippen LogP contribution in [-0.4, -0.2) is 60.6 Å². The highest BCUT2D eigenvalue weighted by atomic mass is 19.1. The first-order valence-corrected chi connectivity index (χ1v) is 15.3. The van der Waals surface area contributed by atoms with Gasteiger partial charge in [0.2, 0.25) is 0 Å². The van der Waals surface area contributed by atoms with Crippen LogP contribution in [0.15, 0.2) is 72.9 Å². The molecule has 0 spiro atoms. The molecular formula is C36H42FN3O3. The molecule has 1 aliphatic carbocycles. The van der Waals surface area contributed by atoms with Gasteiger partial charge in [-0.1, -0.05) is 44.2 Å². The van der Waals surface area contributed by atoms with Crippen LogP contribution in [0.3, 0.4) is 0 Å². The van der Waals surface area contributed by atoms with E-state index in [1.807, 2.05) is 18.3 Å². The monoisotopic (exact) mass is 583 g/mol. The summed E-state index contributed by atoms with van der Waals surface area (Å²) in [6, 6.07) is 20.2. The normalized spacial score (nSPS) is 14.7. The van der Waals surface area contributed by atoms with Crippen LogP contribution in [0.25, 0.3) is 17.0 Å². The van der Waals surface area contributed by atoms with Crippen LogP contribution in [-0.2, 0) is 28.9 Å². The molecule has 5 rings (SSSR count). The van der Waals surface area contributed by atoms with Crippen molar-refractivity contribution in [1.82, 2.24) is 14.8 Å². The first-order valence-electron chi connectivity index (χ1n) is 15.3. The van der Waals surface area contributed by atoms with E-state index in [1.54, 1.807) is 6.07 Å². The summed E-state index contributed by atoms with van der Waals surface area (Å²) in [5.74, 6) is 0.309. The van der Waals surface area contributed by atoms with Gasteiger partial charge in [0, 0.05) is 48.9 Å². The number of carbonyl (C=O) groups is 1. The molecule has 1 heterocycles. The van der Waals surface area contributed by atoms with Crippen LogP contribution < -0.4 is 4.74 Å². The number of rotatable bonds is 14. The molecule has 1 N–H and O–H groups in total. The van der Waals surface area contributed by atoms with Gasteiger partial charge in [0.1, 0.15) is 18.2 Å². The number of halogens is 1. The molecule has 0 amide bonds. The Labute approximate surface area is 254 Å². The number of aromatic nitrogens is 1. The topological polar surface area (TPSA) is 57.8 Å². The van der Waals surface area contributed by atoms with E-state index in [-0.39, 0.29) is 17.8 Å². The zero-order valence-electron chi connectivity index (χ0n) is 25.4. The van der Waals surface area contributed by atoms with Gasteiger partial charge < -0.3 is 19.4 Å². The second-order valence-electron chi connectivity index (χ2n) is 11.1. The molecule has 0 fully saturated rings. The fourth-order valence-electron chi connectivity index (χ4n) is 6.06. The van der Waals surface area contributed by atoms with Crippen molar-refractivity contribution >= 4 is 22.9 Å². The SMILES string of the molecule is CCN(CC)CCOc1ccc(CN(CCc2c[nH]c3cc(F)ccc23)C2CCc3cc(/C=C/C(=O)OC)ccc32)cc1. The van der Waals surface area contributed by atoms with Gasteiger partial charge in [-0.05, 0) is 96.6 Å². The molecule has 1 aromatic heterocycles. The maximum atomic E-state index is 13.8. The van der Waals surface area contributed by atoms with E-state index >= 15 is 0 Å². The molecule has 1 aliphatic rings. The average Bonchev–Trinajstić information content (AvgIpc) is 3.64. The highest BCUT2D eigenvalue weighted by Crippen LogP contribution is 2.38. The number of esters is 1. The fraction of sp³-hybridized carbons (Fsp3) is 0.361. The Morgan fingerprint density at radius 1 is 1.05 bits per heavy atom. The minimum atomic E-state index is -0.357. The first-order chi connectivity index (χ1) is 21.0. The number of likely N-dealkylation sites (N-methyl/N-ethyl adjacent to an activating group) is 1. The smallest absolute Gasteiger partial charge is 0.330 e. The lowest BCUT2D eigenvalue weighted by molar-refractivity contribution is -0.134. The van der Waals surface area contributed by atoms with Crippen molar-refractivity contribution in [1.29, 1.82) is 0 Å². The number of nitrogens with zero attached hydrogens (tertiary/aromatic N) is 2. The minimum Gasteiger partial charge on any atom is -0.492 e. The number of H-pyrrole nitrogens is 1. The van der Waals surface area contributed by atoms with Crippen LogP contribution >= 0.6 is 0 Å². The minimum absolute atomic E-state index is 0.230. The summed E-state index contributed by atoms with van der Waals surface area (Å²) < 4.78 is 24.5. The lowest BCUT2D eigenvalue weighted by atomic mass is 10.0. The highest BCUT2D eigenvalue weighted by Gasteiger charge is 2.28. The standard InChI is InChI=1S/C36H42FN3O3/c1-4-39(5-2)20-21-43-31-12-6-27(7-13-31)25-40(19-18-29-24-38-34-23-30(37)11-15-32(29)34)35-16-10-28-22-26(8-14-33(28)35)9-17-36(41)42-3/h6-9,11-15,17,22-24,35,38H,4-5,10,16,18-21,25H2,1-3H3/b17-9+. The fourth-order valence-corrected chi connectivity index (χ4v) is 6.06. The van der Waals surface area contributed by atoms with E-state index in [2.05, 4.69) is 71.1 Å². The van der Waals surface area contributed by atoms with Gasteiger partial charge >= 0.3 is 5.97 Å². The van der Waals surface area contributed by atoms with Gasteiger partial charge in [0.05, 0.1) is 7.11 Å². The zero-order chi connectivity index (χ0) is 30.2. The van der Waals surface area contributed by atoms with Gasteiger partial charge in [-0.2, -0.15) is 0 Å². The van der Waals surface area contributed by atoms with Gasteiger partial charge in [-0.25, -0.2) is 9.18 Å². The van der Waals surface area contributed by atoms with Crippen molar-refractivity contribution in [2.45, 2.75) is 45.7 Å². The van der Waals surface area contributed by atoms with Gasteiger partial charge in [0.15, 0.2) is 0 Å². The molecular weight excluding hydrogens is 541 g/mol. The first kappa shape index (κ1) is 30.5. The highest BCUT2D eigenvalue weighted by molar-refractivity contribution is 5.87. The number of ether oxygens (including phenoxy) is 2.